The Kier molecular flexibility index (Phi) is 5.50. The number of amides is 1. The van der Waals surface area contributed by atoms with E-state index in [0.717, 1.165) is 0 Å². The summed E-state index contributed by atoms with van der Waals surface area (Å²) in [7, 11) is 1.29. The van der Waals surface area contributed by atoms with Crippen molar-refractivity contribution in [3.63, 3.8) is 0 Å². The van der Waals surface area contributed by atoms with Crippen LogP contribution in [0.4, 0.5) is 5.69 Å². The quantitative estimate of drug-likeness (QED) is 0.798. The minimum Gasteiger partial charge on any atom is -0.464 e. The van der Waals surface area contributed by atoms with Gasteiger partial charge in [-0.25, -0.2) is 4.79 Å². The number of methoxy groups -OCH3 is 1. The zero-order chi connectivity index (χ0) is 18.8. The van der Waals surface area contributed by atoms with Crippen LogP contribution in [0.2, 0.25) is 5.02 Å². The summed E-state index contributed by atoms with van der Waals surface area (Å²) in [5.74, 6) is -0.765. The molecular weight excluding hydrogens is 358 g/mol. The van der Waals surface area contributed by atoms with Crippen molar-refractivity contribution < 1.29 is 19.1 Å². The first-order chi connectivity index (χ1) is 12.4. The number of carbonyl (C=O) groups excluding carboxylic acids is 2. The van der Waals surface area contributed by atoms with Gasteiger partial charge >= 0.3 is 5.97 Å². The van der Waals surface area contributed by atoms with E-state index in [-0.39, 0.29) is 30.4 Å². The van der Waals surface area contributed by atoms with Gasteiger partial charge in [-0.15, -0.1) is 0 Å². The molecule has 2 N–H and O–H groups in total. The second-order valence-electron chi connectivity index (χ2n) is 6.56. The molecule has 1 fully saturated rings. The molecule has 8 heteroatoms. The second kappa shape index (κ2) is 7.65. The molecule has 1 aliphatic rings. The molecule has 1 aromatic carbocycles. The van der Waals surface area contributed by atoms with E-state index in [4.69, 9.17) is 21.1 Å². The third kappa shape index (κ3) is 4.00. The number of rotatable bonds is 4. The molecule has 2 heterocycles. The zero-order valence-corrected chi connectivity index (χ0v) is 15.7. The van der Waals surface area contributed by atoms with Crippen LogP contribution in [0.3, 0.4) is 0 Å². The van der Waals surface area contributed by atoms with Crippen molar-refractivity contribution in [2.24, 2.45) is 0 Å². The average molecular weight is 380 g/mol. The standard InChI is InChI=1S/C18H22ClN3O4/c1-10-7-22(8-11(2)26-10)9-15(23)21-16-13-6-12(19)4-5-14(13)20-17(16)18(24)25-3/h4-6,10-11,20H,7-9H2,1-3H3,(H,21,23)/t10-,11-/m1/s1. The van der Waals surface area contributed by atoms with E-state index in [9.17, 15) is 9.59 Å². The van der Waals surface area contributed by atoms with E-state index in [1.165, 1.54) is 7.11 Å². The van der Waals surface area contributed by atoms with Crippen LogP contribution in [-0.2, 0) is 14.3 Å². The summed E-state index contributed by atoms with van der Waals surface area (Å²) in [5.41, 5.74) is 1.27. The number of ether oxygens (including phenoxy) is 2. The highest BCUT2D eigenvalue weighted by Gasteiger charge is 2.25. The van der Waals surface area contributed by atoms with E-state index in [2.05, 4.69) is 10.3 Å². The van der Waals surface area contributed by atoms with Crippen molar-refractivity contribution in [1.82, 2.24) is 9.88 Å². The Bertz CT molecular complexity index is 825. The molecule has 0 bridgehead atoms. The first kappa shape index (κ1) is 18.7. The predicted molar refractivity (Wildman–Crippen MR) is 99.7 cm³/mol. The van der Waals surface area contributed by atoms with Crippen molar-refractivity contribution >= 4 is 40.1 Å². The van der Waals surface area contributed by atoms with Gasteiger partial charge < -0.3 is 19.8 Å². The highest BCUT2D eigenvalue weighted by Crippen LogP contribution is 2.30. The molecule has 7 nitrogen and oxygen atoms in total. The topological polar surface area (TPSA) is 83.7 Å². The normalized spacial score (nSPS) is 20.9. The molecule has 1 amide bonds. The van der Waals surface area contributed by atoms with Gasteiger partial charge in [0.25, 0.3) is 0 Å². The summed E-state index contributed by atoms with van der Waals surface area (Å²) in [5, 5.41) is 4.02. The monoisotopic (exact) mass is 379 g/mol. The average Bonchev–Trinajstić information content (AvgIpc) is 2.91. The van der Waals surface area contributed by atoms with Crippen LogP contribution in [-0.4, -0.2) is 60.7 Å². The Labute approximate surface area is 156 Å². The van der Waals surface area contributed by atoms with Crippen molar-refractivity contribution in [1.29, 1.82) is 0 Å². The number of aromatic amines is 1. The lowest BCUT2D eigenvalue weighted by molar-refractivity contribution is -0.121. The SMILES string of the molecule is COC(=O)c1[nH]c2ccc(Cl)cc2c1NC(=O)CN1C[C@@H](C)O[C@H](C)C1. The predicted octanol–water partition coefficient (Wildman–Crippen LogP) is 2.66. The summed E-state index contributed by atoms with van der Waals surface area (Å²) in [6.45, 7) is 5.55. The van der Waals surface area contributed by atoms with Crippen LogP contribution >= 0.6 is 11.6 Å². The molecule has 0 spiro atoms. The number of fused-ring (bicyclic) bond motifs is 1. The lowest BCUT2D eigenvalue weighted by atomic mass is 10.2. The molecule has 1 aromatic heterocycles. The van der Waals surface area contributed by atoms with Crippen molar-refractivity contribution in [3.8, 4) is 0 Å². The summed E-state index contributed by atoms with van der Waals surface area (Å²) in [6.07, 6.45) is 0.146. The van der Waals surface area contributed by atoms with Gasteiger partial charge in [0.05, 0.1) is 31.5 Å². The van der Waals surface area contributed by atoms with Crippen LogP contribution in [0.25, 0.3) is 10.9 Å². The lowest BCUT2D eigenvalue weighted by Crippen LogP contribution is -2.48. The fraction of sp³-hybridized carbons (Fsp3) is 0.444. The molecule has 26 heavy (non-hydrogen) atoms. The number of anilines is 1. The Balaban J connectivity index is 1.83. The van der Waals surface area contributed by atoms with E-state index in [1.54, 1.807) is 18.2 Å². The molecule has 0 unspecified atom stereocenters. The number of nitrogens with zero attached hydrogens (tertiary/aromatic N) is 1. The smallest absolute Gasteiger partial charge is 0.356 e. The summed E-state index contributed by atoms with van der Waals surface area (Å²) in [6, 6.07) is 5.17. The zero-order valence-electron chi connectivity index (χ0n) is 15.0. The van der Waals surface area contributed by atoms with Crippen LogP contribution < -0.4 is 5.32 Å². The number of aromatic nitrogens is 1. The highest BCUT2D eigenvalue weighted by molar-refractivity contribution is 6.31. The number of carbonyl (C=O) groups is 2. The van der Waals surface area contributed by atoms with Crippen LogP contribution in [0.5, 0.6) is 0 Å². The Hall–Kier alpha value is -2.09. The van der Waals surface area contributed by atoms with E-state index >= 15 is 0 Å². The van der Waals surface area contributed by atoms with Crippen molar-refractivity contribution in [2.45, 2.75) is 26.1 Å². The van der Waals surface area contributed by atoms with Gasteiger partial charge in [-0.05, 0) is 32.0 Å². The molecule has 140 valence electrons. The molecule has 2 atom stereocenters. The molecule has 3 rings (SSSR count). The Morgan fingerprint density at radius 3 is 2.69 bits per heavy atom. The third-order valence-corrected chi connectivity index (χ3v) is 4.51. The minimum absolute atomic E-state index is 0.0732. The number of esters is 1. The molecule has 0 radical (unpaired) electrons. The van der Waals surface area contributed by atoms with Gasteiger partial charge in [-0.1, -0.05) is 11.6 Å². The number of nitrogens with one attached hydrogen (secondary N) is 2. The van der Waals surface area contributed by atoms with E-state index < -0.39 is 5.97 Å². The maximum absolute atomic E-state index is 12.6. The Morgan fingerprint density at radius 1 is 1.35 bits per heavy atom. The van der Waals surface area contributed by atoms with Gasteiger partial charge in [0.15, 0.2) is 0 Å². The van der Waals surface area contributed by atoms with Crippen molar-refractivity contribution in [3.05, 3.63) is 28.9 Å². The summed E-state index contributed by atoms with van der Waals surface area (Å²) in [4.78, 5) is 29.7. The van der Waals surface area contributed by atoms with Crippen molar-refractivity contribution in [2.75, 3.05) is 32.1 Å². The fourth-order valence-electron chi connectivity index (χ4n) is 3.34. The molecule has 2 aromatic rings. The van der Waals surface area contributed by atoms with E-state index in [1.807, 2.05) is 18.7 Å². The molecule has 0 saturated carbocycles. The lowest BCUT2D eigenvalue weighted by Gasteiger charge is -2.34. The number of hydrogen-bond donors (Lipinski definition) is 2. The highest BCUT2D eigenvalue weighted by atomic mass is 35.5. The first-order valence-electron chi connectivity index (χ1n) is 8.44. The third-order valence-electron chi connectivity index (χ3n) is 4.28. The van der Waals surface area contributed by atoms with E-state index in [0.29, 0.717) is 34.7 Å². The number of halogens is 1. The number of morpholine rings is 1. The maximum atomic E-state index is 12.6. The Morgan fingerprint density at radius 2 is 2.04 bits per heavy atom. The minimum atomic E-state index is -0.554. The summed E-state index contributed by atoms with van der Waals surface area (Å²) < 4.78 is 10.5. The number of hydrogen-bond acceptors (Lipinski definition) is 5. The van der Waals surface area contributed by atoms with Gasteiger partial charge in [0, 0.05) is 29.0 Å². The molecule has 1 saturated heterocycles. The van der Waals surface area contributed by atoms with Crippen LogP contribution in [0.1, 0.15) is 24.3 Å². The fourth-order valence-corrected chi connectivity index (χ4v) is 3.52. The van der Waals surface area contributed by atoms with Gasteiger partial charge in [0.2, 0.25) is 5.91 Å². The first-order valence-corrected chi connectivity index (χ1v) is 8.82. The maximum Gasteiger partial charge on any atom is 0.356 e. The molecule has 0 aliphatic carbocycles. The van der Waals surface area contributed by atoms with Gasteiger partial charge in [-0.3, -0.25) is 9.69 Å². The number of benzene rings is 1. The molecular formula is C18H22ClN3O4. The van der Waals surface area contributed by atoms with Crippen LogP contribution in [0.15, 0.2) is 18.2 Å². The van der Waals surface area contributed by atoms with Crippen LogP contribution in [0, 0.1) is 0 Å². The van der Waals surface area contributed by atoms with Gasteiger partial charge in [-0.2, -0.15) is 0 Å². The number of H-pyrrole nitrogens is 1. The summed E-state index contributed by atoms with van der Waals surface area (Å²) >= 11 is 6.07. The van der Waals surface area contributed by atoms with Gasteiger partial charge in [0.1, 0.15) is 5.69 Å². The largest absolute Gasteiger partial charge is 0.464 e. The second-order valence-corrected chi connectivity index (χ2v) is 6.99. The molecule has 1 aliphatic heterocycles.